The summed E-state index contributed by atoms with van der Waals surface area (Å²) in [5.41, 5.74) is 0. The van der Waals surface area contributed by atoms with Crippen molar-refractivity contribution in [2.24, 2.45) is 11.8 Å². The van der Waals surface area contributed by atoms with Crippen molar-refractivity contribution in [1.29, 1.82) is 0 Å². The minimum atomic E-state index is 0.782. The standard InChI is InChI=1S/C11H21N/c1-10(2)8-12-9-11-6-4-3-5-7-11/h3-4,10-12H,5-9H2,1-2H3. The molecule has 0 heterocycles. The molecule has 0 aromatic rings. The molecule has 0 fully saturated rings. The molecule has 0 aromatic heterocycles. The smallest absolute Gasteiger partial charge is 0.00173 e. The van der Waals surface area contributed by atoms with Crippen molar-refractivity contribution in [2.75, 3.05) is 13.1 Å². The second kappa shape index (κ2) is 5.36. The van der Waals surface area contributed by atoms with Crippen LogP contribution in [-0.4, -0.2) is 13.1 Å². The maximum absolute atomic E-state index is 3.52. The molecule has 12 heavy (non-hydrogen) atoms. The number of nitrogens with one attached hydrogen (secondary N) is 1. The third-order valence-electron chi connectivity index (χ3n) is 2.36. The summed E-state index contributed by atoms with van der Waals surface area (Å²) < 4.78 is 0. The summed E-state index contributed by atoms with van der Waals surface area (Å²) >= 11 is 0. The zero-order chi connectivity index (χ0) is 8.81. The predicted octanol–water partition coefficient (Wildman–Crippen LogP) is 2.59. The minimum Gasteiger partial charge on any atom is -0.316 e. The quantitative estimate of drug-likeness (QED) is 0.635. The molecule has 0 saturated heterocycles. The normalized spacial score (nSPS) is 23.4. The van der Waals surface area contributed by atoms with E-state index in [1.54, 1.807) is 0 Å². The third-order valence-corrected chi connectivity index (χ3v) is 2.36. The molecule has 1 rings (SSSR count). The van der Waals surface area contributed by atoms with Gasteiger partial charge in [-0.25, -0.2) is 0 Å². The first kappa shape index (κ1) is 9.79. The number of hydrogen-bond donors (Lipinski definition) is 1. The highest BCUT2D eigenvalue weighted by molar-refractivity contribution is 4.90. The van der Waals surface area contributed by atoms with Gasteiger partial charge in [0.1, 0.15) is 0 Å². The minimum absolute atomic E-state index is 0.782. The summed E-state index contributed by atoms with van der Waals surface area (Å²) in [6.07, 6.45) is 8.57. The lowest BCUT2D eigenvalue weighted by atomic mass is 9.94. The highest BCUT2D eigenvalue weighted by atomic mass is 14.9. The fourth-order valence-corrected chi connectivity index (χ4v) is 1.62. The number of rotatable bonds is 4. The molecule has 1 aliphatic rings. The van der Waals surface area contributed by atoms with Gasteiger partial charge in [-0.3, -0.25) is 0 Å². The first-order valence-electron chi connectivity index (χ1n) is 5.14. The van der Waals surface area contributed by atoms with Gasteiger partial charge in [0.05, 0.1) is 0 Å². The molecular formula is C11H21N. The van der Waals surface area contributed by atoms with Crippen LogP contribution in [0.3, 0.4) is 0 Å². The molecule has 0 bridgehead atoms. The van der Waals surface area contributed by atoms with Crippen LogP contribution in [0.1, 0.15) is 33.1 Å². The van der Waals surface area contributed by atoms with Gasteiger partial charge in [0.2, 0.25) is 0 Å². The average Bonchev–Trinajstić information content (AvgIpc) is 2.05. The molecule has 0 amide bonds. The Morgan fingerprint density at radius 2 is 2.25 bits per heavy atom. The summed E-state index contributed by atoms with van der Waals surface area (Å²) in [4.78, 5) is 0. The summed E-state index contributed by atoms with van der Waals surface area (Å²) in [7, 11) is 0. The van der Waals surface area contributed by atoms with E-state index in [4.69, 9.17) is 0 Å². The molecule has 70 valence electrons. The molecule has 0 aliphatic heterocycles. The number of allylic oxidation sites excluding steroid dienone is 2. The van der Waals surface area contributed by atoms with E-state index in [-0.39, 0.29) is 0 Å². The van der Waals surface area contributed by atoms with Crippen molar-refractivity contribution in [3.05, 3.63) is 12.2 Å². The van der Waals surface area contributed by atoms with E-state index >= 15 is 0 Å². The maximum Gasteiger partial charge on any atom is -0.00173 e. The summed E-state index contributed by atoms with van der Waals surface area (Å²) in [6.45, 7) is 6.89. The van der Waals surface area contributed by atoms with Crippen LogP contribution in [0.2, 0.25) is 0 Å². The van der Waals surface area contributed by atoms with Crippen molar-refractivity contribution < 1.29 is 0 Å². The third kappa shape index (κ3) is 3.91. The van der Waals surface area contributed by atoms with E-state index in [0.29, 0.717) is 0 Å². The lowest BCUT2D eigenvalue weighted by Gasteiger charge is -2.18. The molecule has 1 heteroatoms. The van der Waals surface area contributed by atoms with Crippen molar-refractivity contribution in [3.63, 3.8) is 0 Å². The van der Waals surface area contributed by atoms with Gasteiger partial charge >= 0.3 is 0 Å². The molecule has 0 aromatic carbocycles. The van der Waals surface area contributed by atoms with Crippen LogP contribution < -0.4 is 5.32 Å². The Bertz CT molecular complexity index is 138. The number of hydrogen-bond acceptors (Lipinski definition) is 1. The largest absolute Gasteiger partial charge is 0.316 e. The molecule has 0 spiro atoms. The highest BCUT2D eigenvalue weighted by Gasteiger charge is 2.08. The van der Waals surface area contributed by atoms with Gasteiger partial charge < -0.3 is 5.32 Å². The van der Waals surface area contributed by atoms with Crippen molar-refractivity contribution in [2.45, 2.75) is 33.1 Å². The van der Waals surface area contributed by atoms with Crippen LogP contribution in [0.15, 0.2) is 12.2 Å². The molecule has 0 radical (unpaired) electrons. The fourth-order valence-electron chi connectivity index (χ4n) is 1.62. The van der Waals surface area contributed by atoms with Gasteiger partial charge in [-0.05, 0) is 44.2 Å². The highest BCUT2D eigenvalue weighted by Crippen LogP contribution is 2.16. The van der Waals surface area contributed by atoms with E-state index in [1.165, 1.54) is 32.4 Å². The van der Waals surface area contributed by atoms with Gasteiger partial charge in [0, 0.05) is 0 Å². The second-order valence-electron chi connectivity index (χ2n) is 4.20. The lowest BCUT2D eigenvalue weighted by molar-refractivity contribution is 0.423. The summed E-state index contributed by atoms with van der Waals surface area (Å²) in [6, 6.07) is 0. The van der Waals surface area contributed by atoms with Crippen molar-refractivity contribution in [3.8, 4) is 0 Å². The molecule has 0 saturated carbocycles. The molecule has 1 nitrogen and oxygen atoms in total. The zero-order valence-corrected chi connectivity index (χ0v) is 8.34. The monoisotopic (exact) mass is 167 g/mol. The molecular weight excluding hydrogens is 146 g/mol. The SMILES string of the molecule is CC(C)CNCC1CC=CCC1. The Kier molecular flexibility index (Phi) is 4.37. The van der Waals surface area contributed by atoms with Crippen LogP contribution in [0.4, 0.5) is 0 Å². The van der Waals surface area contributed by atoms with Crippen molar-refractivity contribution in [1.82, 2.24) is 5.32 Å². The second-order valence-corrected chi connectivity index (χ2v) is 4.20. The topological polar surface area (TPSA) is 12.0 Å². The van der Waals surface area contributed by atoms with E-state index < -0.39 is 0 Å². The van der Waals surface area contributed by atoms with Gasteiger partial charge in [-0.2, -0.15) is 0 Å². The molecule has 1 N–H and O–H groups in total. The summed E-state index contributed by atoms with van der Waals surface area (Å²) in [5, 5.41) is 3.52. The maximum atomic E-state index is 3.52. The molecule has 1 unspecified atom stereocenters. The molecule has 1 atom stereocenters. The molecule has 1 aliphatic carbocycles. The van der Waals surface area contributed by atoms with E-state index in [2.05, 4.69) is 31.3 Å². The summed E-state index contributed by atoms with van der Waals surface area (Å²) in [5.74, 6) is 1.68. The van der Waals surface area contributed by atoms with Gasteiger partial charge in [0.15, 0.2) is 0 Å². The Morgan fingerprint density at radius 3 is 2.83 bits per heavy atom. The Balaban J connectivity index is 2.03. The first-order chi connectivity index (χ1) is 5.79. The van der Waals surface area contributed by atoms with Crippen LogP contribution >= 0.6 is 0 Å². The van der Waals surface area contributed by atoms with Gasteiger partial charge in [-0.15, -0.1) is 0 Å². The van der Waals surface area contributed by atoms with Crippen LogP contribution in [-0.2, 0) is 0 Å². The van der Waals surface area contributed by atoms with Crippen molar-refractivity contribution >= 4 is 0 Å². The lowest BCUT2D eigenvalue weighted by Crippen LogP contribution is -2.26. The Hall–Kier alpha value is -0.300. The van der Waals surface area contributed by atoms with Crippen LogP contribution in [0.25, 0.3) is 0 Å². The Labute approximate surface area is 76.2 Å². The van der Waals surface area contributed by atoms with E-state index in [1.807, 2.05) is 0 Å². The van der Waals surface area contributed by atoms with Crippen LogP contribution in [0, 0.1) is 11.8 Å². The Morgan fingerprint density at radius 1 is 1.42 bits per heavy atom. The predicted molar refractivity (Wildman–Crippen MR) is 54.2 cm³/mol. The van der Waals surface area contributed by atoms with Crippen LogP contribution in [0.5, 0.6) is 0 Å². The fraction of sp³-hybridized carbons (Fsp3) is 0.818. The van der Waals surface area contributed by atoms with Gasteiger partial charge in [0.25, 0.3) is 0 Å². The average molecular weight is 167 g/mol. The zero-order valence-electron chi connectivity index (χ0n) is 8.34. The first-order valence-corrected chi connectivity index (χ1v) is 5.14. The van der Waals surface area contributed by atoms with E-state index in [9.17, 15) is 0 Å². The van der Waals surface area contributed by atoms with E-state index in [0.717, 1.165) is 11.8 Å². The van der Waals surface area contributed by atoms with Gasteiger partial charge in [-0.1, -0.05) is 26.0 Å².